The van der Waals surface area contributed by atoms with Crippen LogP contribution in [-0.2, 0) is 22.9 Å². The fourth-order valence-corrected chi connectivity index (χ4v) is 5.50. The van der Waals surface area contributed by atoms with Gasteiger partial charge in [-0.1, -0.05) is 37.3 Å². The number of fused-ring (bicyclic) bond motifs is 1. The van der Waals surface area contributed by atoms with Gasteiger partial charge in [0.05, 0.1) is 0 Å². The third kappa shape index (κ3) is 4.44. The van der Waals surface area contributed by atoms with Crippen molar-refractivity contribution in [1.82, 2.24) is 14.9 Å². The van der Waals surface area contributed by atoms with E-state index in [1.807, 2.05) is 18.2 Å². The lowest BCUT2D eigenvalue weighted by atomic mass is 9.88. The van der Waals surface area contributed by atoms with Crippen molar-refractivity contribution in [3.05, 3.63) is 75.6 Å². The lowest BCUT2D eigenvalue weighted by molar-refractivity contribution is -0.0517. The number of aromatic nitrogens is 2. The highest BCUT2D eigenvalue weighted by atomic mass is 32.2. The van der Waals surface area contributed by atoms with E-state index in [9.17, 15) is 22.0 Å². The number of halogens is 2. The van der Waals surface area contributed by atoms with Gasteiger partial charge in [-0.15, -0.1) is 5.10 Å². The SMILES string of the molecule is C[C@H](c1cccc2c1CCC2)[C@H](NS(=O)(=O)c1ccccc1OC(F)F)c1n[nH]c(=O)o1. The van der Waals surface area contributed by atoms with Gasteiger partial charge in [-0.2, -0.15) is 13.5 Å². The Morgan fingerprint density at radius 3 is 2.66 bits per heavy atom. The summed E-state index contributed by atoms with van der Waals surface area (Å²) < 4.78 is 63.9. The van der Waals surface area contributed by atoms with Gasteiger partial charge >= 0.3 is 12.4 Å². The Morgan fingerprint density at radius 2 is 1.94 bits per heavy atom. The molecule has 4 rings (SSSR count). The number of H-pyrrole nitrogens is 1. The van der Waals surface area contributed by atoms with Crippen LogP contribution in [0.2, 0.25) is 0 Å². The second kappa shape index (κ2) is 8.83. The number of hydrogen-bond donors (Lipinski definition) is 2. The number of para-hydroxylation sites is 1. The smallest absolute Gasteiger partial charge is 0.433 e. The molecule has 3 aromatic rings. The molecule has 2 atom stereocenters. The standard InChI is InChI=1S/C21H21F2N3O5S/c1-12(14-8-4-6-13-7-5-9-15(13)14)18(19-24-25-21(27)31-19)26-32(28,29)17-11-3-2-10-16(17)30-20(22)23/h2-4,6,8,10-12,18,20,26H,5,7,9H2,1H3,(H,25,27)/t12-,18+/m1/s1. The van der Waals surface area contributed by atoms with E-state index >= 15 is 0 Å². The van der Waals surface area contributed by atoms with Gasteiger partial charge in [0.25, 0.3) is 0 Å². The number of benzene rings is 2. The molecule has 0 radical (unpaired) electrons. The summed E-state index contributed by atoms with van der Waals surface area (Å²) in [5.41, 5.74) is 3.22. The highest BCUT2D eigenvalue weighted by Crippen LogP contribution is 2.37. The first-order valence-corrected chi connectivity index (χ1v) is 11.5. The van der Waals surface area contributed by atoms with E-state index in [-0.39, 0.29) is 5.89 Å². The second-order valence-electron chi connectivity index (χ2n) is 7.50. The molecular formula is C21H21F2N3O5S. The largest absolute Gasteiger partial charge is 0.434 e. The lowest BCUT2D eigenvalue weighted by Gasteiger charge is -2.25. The predicted molar refractivity (Wildman–Crippen MR) is 110 cm³/mol. The topological polar surface area (TPSA) is 114 Å². The van der Waals surface area contributed by atoms with Gasteiger partial charge in [0.15, 0.2) is 0 Å². The third-order valence-electron chi connectivity index (χ3n) is 5.53. The summed E-state index contributed by atoms with van der Waals surface area (Å²) in [5.74, 6) is -1.97. The number of sulfonamides is 1. The molecule has 170 valence electrons. The highest BCUT2D eigenvalue weighted by Gasteiger charge is 2.34. The van der Waals surface area contributed by atoms with Crippen molar-refractivity contribution in [3.8, 4) is 5.75 Å². The van der Waals surface area contributed by atoms with Gasteiger partial charge in [0, 0.05) is 5.92 Å². The Balaban J connectivity index is 1.75. The van der Waals surface area contributed by atoms with Gasteiger partial charge in [-0.25, -0.2) is 18.3 Å². The molecular weight excluding hydrogens is 444 g/mol. The number of nitrogens with zero attached hydrogens (tertiary/aromatic N) is 1. The van der Waals surface area contributed by atoms with E-state index in [1.54, 1.807) is 6.92 Å². The zero-order valence-electron chi connectivity index (χ0n) is 17.0. The maximum atomic E-state index is 13.2. The van der Waals surface area contributed by atoms with E-state index in [0.717, 1.165) is 42.5 Å². The molecule has 0 unspecified atom stereocenters. The summed E-state index contributed by atoms with van der Waals surface area (Å²) in [6.45, 7) is -1.41. The first-order valence-electron chi connectivity index (χ1n) is 9.98. The van der Waals surface area contributed by atoms with Crippen molar-refractivity contribution in [2.45, 2.75) is 49.7 Å². The molecule has 1 aliphatic rings. The molecule has 1 aliphatic carbocycles. The van der Waals surface area contributed by atoms with Crippen molar-refractivity contribution < 1.29 is 26.4 Å². The third-order valence-corrected chi connectivity index (χ3v) is 7.01. The van der Waals surface area contributed by atoms with Crippen LogP contribution < -0.4 is 15.2 Å². The van der Waals surface area contributed by atoms with E-state index in [1.165, 1.54) is 17.7 Å². The number of alkyl halides is 2. The van der Waals surface area contributed by atoms with Crippen molar-refractivity contribution in [3.63, 3.8) is 0 Å². The minimum atomic E-state index is -4.37. The molecule has 0 amide bonds. The molecule has 0 saturated carbocycles. The Labute approximate surface area is 182 Å². The van der Waals surface area contributed by atoms with Crippen molar-refractivity contribution in [2.75, 3.05) is 0 Å². The van der Waals surface area contributed by atoms with E-state index in [4.69, 9.17) is 4.42 Å². The molecule has 11 heteroatoms. The van der Waals surface area contributed by atoms with Gasteiger partial charge in [0.1, 0.15) is 16.7 Å². The van der Waals surface area contributed by atoms with Gasteiger partial charge in [-0.05, 0) is 48.1 Å². The summed E-state index contributed by atoms with van der Waals surface area (Å²) >= 11 is 0. The summed E-state index contributed by atoms with van der Waals surface area (Å²) in [4.78, 5) is 11.1. The van der Waals surface area contributed by atoms with Crippen molar-refractivity contribution >= 4 is 10.0 Å². The molecule has 2 aromatic carbocycles. The van der Waals surface area contributed by atoms with Crippen molar-refractivity contribution in [2.24, 2.45) is 0 Å². The first-order chi connectivity index (χ1) is 15.3. The van der Waals surface area contributed by atoms with E-state index < -0.39 is 45.0 Å². The van der Waals surface area contributed by atoms with Crippen LogP contribution >= 0.6 is 0 Å². The fraction of sp³-hybridized carbons (Fsp3) is 0.333. The van der Waals surface area contributed by atoms with Crippen LogP contribution in [0.15, 0.2) is 56.6 Å². The van der Waals surface area contributed by atoms with E-state index in [0.29, 0.717) is 0 Å². The number of nitrogens with one attached hydrogen (secondary N) is 2. The number of rotatable bonds is 8. The Kier molecular flexibility index (Phi) is 6.11. The van der Waals surface area contributed by atoms with E-state index in [2.05, 4.69) is 19.7 Å². The van der Waals surface area contributed by atoms with Crippen LogP contribution in [0.1, 0.15) is 47.9 Å². The summed E-state index contributed by atoms with van der Waals surface area (Å²) in [7, 11) is -4.37. The molecule has 2 N–H and O–H groups in total. The van der Waals surface area contributed by atoms with Crippen LogP contribution in [-0.4, -0.2) is 25.2 Å². The lowest BCUT2D eigenvalue weighted by Crippen LogP contribution is -2.33. The van der Waals surface area contributed by atoms with Crippen molar-refractivity contribution in [1.29, 1.82) is 0 Å². The van der Waals surface area contributed by atoms with Gasteiger partial charge < -0.3 is 9.15 Å². The minimum absolute atomic E-state index is 0.158. The monoisotopic (exact) mass is 465 g/mol. The maximum Gasteiger partial charge on any atom is 0.434 e. The number of aryl methyl sites for hydroxylation is 1. The Morgan fingerprint density at radius 1 is 1.16 bits per heavy atom. The first kappa shape index (κ1) is 22.2. The fourth-order valence-electron chi connectivity index (χ4n) is 4.09. The second-order valence-corrected chi connectivity index (χ2v) is 9.19. The van der Waals surface area contributed by atoms with Crippen LogP contribution in [0.25, 0.3) is 0 Å². The van der Waals surface area contributed by atoms with Crippen LogP contribution in [0.4, 0.5) is 8.78 Å². The van der Waals surface area contributed by atoms with Gasteiger partial charge in [-0.3, -0.25) is 0 Å². The average Bonchev–Trinajstić information content (AvgIpc) is 3.40. The molecule has 1 aromatic heterocycles. The summed E-state index contributed by atoms with van der Waals surface area (Å²) in [6, 6.07) is 9.82. The Bertz CT molecular complexity index is 1270. The number of hydrogen-bond acceptors (Lipinski definition) is 6. The van der Waals surface area contributed by atoms with Crippen LogP contribution in [0.5, 0.6) is 5.75 Å². The van der Waals surface area contributed by atoms with Crippen LogP contribution in [0, 0.1) is 0 Å². The molecule has 8 nitrogen and oxygen atoms in total. The Hall–Kier alpha value is -3.05. The number of ether oxygens (including phenoxy) is 1. The normalized spacial score (nSPS) is 15.5. The minimum Gasteiger partial charge on any atom is -0.433 e. The summed E-state index contributed by atoms with van der Waals surface area (Å²) in [6.07, 6.45) is 2.78. The number of aromatic amines is 1. The van der Waals surface area contributed by atoms with Gasteiger partial charge in [0.2, 0.25) is 15.9 Å². The van der Waals surface area contributed by atoms with Crippen LogP contribution in [0.3, 0.4) is 0 Å². The predicted octanol–water partition coefficient (Wildman–Crippen LogP) is 3.28. The average molecular weight is 465 g/mol. The molecule has 0 fully saturated rings. The molecule has 0 saturated heterocycles. The highest BCUT2D eigenvalue weighted by molar-refractivity contribution is 7.89. The quantitative estimate of drug-likeness (QED) is 0.528. The molecule has 0 spiro atoms. The molecule has 0 bridgehead atoms. The molecule has 1 heterocycles. The zero-order valence-corrected chi connectivity index (χ0v) is 17.9. The molecule has 32 heavy (non-hydrogen) atoms. The summed E-state index contributed by atoms with van der Waals surface area (Å²) in [5, 5.41) is 5.96. The molecule has 0 aliphatic heterocycles. The maximum absolute atomic E-state index is 13.2. The zero-order chi connectivity index (χ0) is 22.9.